The standard InChI is InChI=1S/C30H35N3O5/c1-5-21(2)38-26-12-6-22(7-13-26)29(34)31-24-8-10-25(11-9-24)32-14-16-33(17-15-32)30(35)23-18-27(36-3)20-28(19-23)37-4/h6-13,18-21H,5,14-17H2,1-4H3,(H,31,34). The Balaban J connectivity index is 1.31. The molecule has 0 saturated carbocycles. The molecule has 1 saturated heterocycles. The summed E-state index contributed by atoms with van der Waals surface area (Å²) in [5.74, 6) is 1.72. The molecule has 3 aromatic rings. The lowest BCUT2D eigenvalue weighted by molar-refractivity contribution is 0.0746. The maximum Gasteiger partial charge on any atom is 0.255 e. The van der Waals surface area contributed by atoms with Gasteiger partial charge >= 0.3 is 0 Å². The highest BCUT2D eigenvalue weighted by Crippen LogP contribution is 2.25. The third-order valence-electron chi connectivity index (χ3n) is 6.68. The Morgan fingerprint density at radius 2 is 1.42 bits per heavy atom. The summed E-state index contributed by atoms with van der Waals surface area (Å²) in [6.07, 6.45) is 1.05. The smallest absolute Gasteiger partial charge is 0.255 e. The number of carbonyl (C=O) groups excluding carboxylic acids is 2. The maximum absolute atomic E-state index is 13.1. The fraction of sp³-hybridized carbons (Fsp3) is 0.333. The zero-order chi connectivity index (χ0) is 27.1. The van der Waals surface area contributed by atoms with Gasteiger partial charge in [-0.1, -0.05) is 6.92 Å². The van der Waals surface area contributed by atoms with Crippen LogP contribution in [0.2, 0.25) is 0 Å². The number of carbonyl (C=O) groups is 2. The van der Waals surface area contributed by atoms with Crippen LogP contribution in [0.3, 0.4) is 0 Å². The van der Waals surface area contributed by atoms with Crippen LogP contribution in [0, 0.1) is 0 Å². The van der Waals surface area contributed by atoms with Crippen LogP contribution in [0.5, 0.6) is 17.2 Å². The van der Waals surface area contributed by atoms with Gasteiger partial charge in [0.1, 0.15) is 17.2 Å². The Morgan fingerprint density at radius 1 is 0.816 bits per heavy atom. The third kappa shape index (κ3) is 6.56. The van der Waals surface area contributed by atoms with Crippen molar-refractivity contribution in [3.63, 3.8) is 0 Å². The van der Waals surface area contributed by atoms with Crippen LogP contribution >= 0.6 is 0 Å². The van der Waals surface area contributed by atoms with Crippen molar-refractivity contribution >= 4 is 23.2 Å². The molecule has 0 radical (unpaired) electrons. The van der Waals surface area contributed by atoms with Crippen LogP contribution < -0.4 is 24.4 Å². The molecule has 1 aliphatic rings. The Kier molecular flexibility index (Phi) is 8.73. The van der Waals surface area contributed by atoms with Crippen molar-refractivity contribution in [1.82, 2.24) is 4.90 Å². The fourth-order valence-corrected chi connectivity index (χ4v) is 4.24. The van der Waals surface area contributed by atoms with Gasteiger partial charge in [-0.15, -0.1) is 0 Å². The summed E-state index contributed by atoms with van der Waals surface area (Å²) >= 11 is 0. The predicted octanol–water partition coefficient (Wildman–Crippen LogP) is 5.10. The van der Waals surface area contributed by atoms with Crippen molar-refractivity contribution in [2.75, 3.05) is 50.6 Å². The van der Waals surface area contributed by atoms with Gasteiger partial charge in [-0.3, -0.25) is 9.59 Å². The van der Waals surface area contributed by atoms with Crippen molar-refractivity contribution in [3.8, 4) is 17.2 Å². The Labute approximate surface area is 224 Å². The van der Waals surface area contributed by atoms with E-state index in [9.17, 15) is 9.59 Å². The van der Waals surface area contributed by atoms with E-state index in [4.69, 9.17) is 14.2 Å². The summed E-state index contributed by atoms with van der Waals surface area (Å²) in [5, 5.41) is 2.95. The first-order valence-corrected chi connectivity index (χ1v) is 12.9. The highest BCUT2D eigenvalue weighted by atomic mass is 16.5. The fourth-order valence-electron chi connectivity index (χ4n) is 4.24. The molecule has 1 unspecified atom stereocenters. The largest absolute Gasteiger partial charge is 0.497 e. The number of rotatable bonds is 9. The summed E-state index contributed by atoms with van der Waals surface area (Å²) in [7, 11) is 3.14. The number of nitrogens with one attached hydrogen (secondary N) is 1. The lowest BCUT2D eigenvalue weighted by atomic mass is 10.1. The Morgan fingerprint density at radius 3 is 1.97 bits per heavy atom. The molecule has 0 bridgehead atoms. The molecule has 0 spiro atoms. The Bertz CT molecular complexity index is 1210. The number of hydrogen-bond donors (Lipinski definition) is 1. The monoisotopic (exact) mass is 517 g/mol. The van der Waals surface area contributed by atoms with Gasteiger partial charge in [-0.05, 0) is 74.0 Å². The molecule has 200 valence electrons. The first kappa shape index (κ1) is 26.9. The number of hydrogen-bond acceptors (Lipinski definition) is 6. The summed E-state index contributed by atoms with van der Waals surface area (Å²) in [6.45, 7) is 6.72. The van der Waals surface area contributed by atoms with Crippen molar-refractivity contribution < 1.29 is 23.8 Å². The SMILES string of the molecule is CCC(C)Oc1ccc(C(=O)Nc2ccc(N3CCN(C(=O)c4cc(OC)cc(OC)c4)CC3)cc2)cc1. The van der Waals surface area contributed by atoms with Gasteiger partial charge in [-0.2, -0.15) is 0 Å². The van der Waals surface area contributed by atoms with Gasteiger partial charge in [0, 0.05) is 54.7 Å². The summed E-state index contributed by atoms with van der Waals surface area (Å²) in [5.41, 5.74) is 2.89. The molecule has 1 fully saturated rings. The number of methoxy groups -OCH3 is 2. The molecular formula is C30H35N3O5. The van der Waals surface area contributed by atoms with E-state index >= 15 is 0 Å². The topological polar surface area (TPSA) is 80.3 Å². The van der Waals surface area contributed by atoms with E-state index in [2.05, 4.69) is 17.1 Å². The highest BCUT2D eigenvalue weighted by molar-refractivity contribution is 6.04. The van der Waals surface area contributed by atoms with Crippen LogP contribution in [0.15, 0.2) is 66.7 Å². The van der Waals surface area contributed by atoms with Crippen molar-refractivity contribution in [2.45, 2.75) is 26.4 Å². The lowest BCUT2D eigenvalue weighted by Gasteiger charge is -2.36. The lowest BCUT2D eigenvalue weighted by Crippen LogP contribution is -2.48. The molecule has 1 heterocycles. The highest BCUT2D eigenvalue weighted by Gasteiger charge is 2.23. The minimum absolute atomic E-state index is 0.0422. The molecular weight excluding hydrogens is 482 g/mol. The van der Waals surface area contributed by atoms with Gasteiger partial charge < -0.3 is 29.3 Å². The van der Waals surface area contributed by atoms with E-state index in [-0.39, 0.29) is 17.9 Å². The van der Waals surface area contributed by atoms with E-state index in [0.717, 1.165) is 23.5 Å². The third-order valence-corrected chi connectivity index (χ3v) is 6.68. The summed E-state index contributed by atoms with van der Waals surface area (Å²) in [6, 6.07) is 20.2. The molecule has 8 heteroatoms. The van der Waals surface area contributed by atoms with E-state index in [1.54, 1.807) is 44.6 Å². The first-order valence-electron chi connectivity index (χ1n) is 12.9. The zero-order valence-electron chi connectivity index (χ0n) is 22.4. The van der Waals surface area contributed by atoms with Gasteiger partial charge in [0.05, 0.1) is 20.3 Å². The number of amides is 2. The molecule has 0 aromatic heterocycles. The number of ether oxygens (including phenoxy) is 3. The van der Waals surface area contributed by atoms with E-state index in [1.165, 1.54) is 0 Å². The van der Waals surface area contributed by atoms with Gasteiger partial charge in [0.2, 0.25) is 0 Å². The number of benzene rings is 3. The summed E-state index contributed by atoms with van der Waals surface area (Å²) < 4.78 is 16.4. The average molecular weight is 518 g/mol. The molecule has 1 atom stereocenters. The first-order chi connectivity index (χ1) is 18.4. The molecule has 3 aromatic carbocycles. The van der Waals surface area contributed by atoms with Gasteiger partial charge in [0.15, 0.2) is 0 Å². The molecule has 1 aliphatic heterocycles. The normalized spacial score (nSPS) is 14.0. The van der Waals surface area contributed by atoms with E-state index in [1.807, 2.05) is 48.2 Å². The molecule has 8 nitrogen and oxygen atoms in total. The minimum Gasteiger partial charge on any atom is -0.497 e. The van der Waals surface area contributed by atoms with Crippen LogP contribution in [0.25, 0.3) is 0 Å². The number of nitrogens with zero attached hydrogens (tertiary/aromatic N) is 2. The van der Waals surface area contributed by atoms with Crippen LogP contribution in [0.4, 0.5) is 11.4 Å². The molecule has 38 heavy (non-hydrogen) atoms. The molecule has 1 N–H and O–H groups in total. The van der Waals surface area contributed by atoms with E-state index in [0.29, 0.717) is 48.8 Å². The second kappa shape index (κ2) is 12.4. The van der Waals surface area contributed by atoms with Crippen molar-refractivity contribution in [2.24, 2.45) is 0 Å². The summed E-state index contributed by atoms with van der Waals surface area (Å²) in [4.78, 5) is 29.8. The second-order valence-electron chi connectivity index (χ2n) is 9.24. The zero-order valence-corrected chi connectivity index (χ0v) is 22.4. The maximum atomic E-state index is 13.1. The quantitative estimate of drug-likeness (QED) is 0.426. The number of piperazine rings is 1. The Hall–Kier alpha value is -4.20. The van der Waals surface area contributed by atoms with Crippen LogP contribution in [-0.4, -0.2) is 63.2 Å². The van der Waals surface area contributed by atoms with Crippen LogP contribution in [0.1, 0.15) is 41.0 Å². The second-order valence-corrected chi connectivity index (χ2v) is 9.24. The average Bonchev–Trinajstić information content (AvgIpc) is 2.97. The van der Waals surface area contributed by atoms with Crippen LogP contribution in [-0.2, 0) is 0 Å². The van der Waals surface area contributed by atoms with Gasteiger partial charge in [0.25, 0.3) is 11.8 Å². The van der Waals surface area contributed by atoms with Gasteiger partial charge in [-0.25, -0.2) is 0 Å². The minimum atomic E-state index is -0.172. The molecule has 0 aliphatic carbocycles. The molecule has 2 amide bonds. The van der Waals surface area contributed by atoms with Crippen molar-refractivity contribution in [1.29, 1.82) is 0 Å². The molecule has 4 rings (SSSR count). The predicted molar refractivity (Wildman–Crippen MR) is 149 cm³/mol. The number of anilines is 2. The van der Waals surface area contributed by atoms with Crippen molar-refractivity contribution in [3.05, 3.63) is 77.9 Å². The van der Waals surface area contributed by atoms with E-state index < -0.39 is 0 Å².